The quantitative estimate of drug-likeness (QED) is 0.849. The zero-order valence-electron chi connectivity index (χ0n) is 15.7. The molecule has 1 aliphatic heterocycles. The van der Waals surface area contributed by atoms with Gasteiger partial charge >= 0.3 is 0 Å². The minimum Gasteiger partial charge on any atom is -0.486 e. The number of amides is 2. The molecule has 3 rings (SSSR count). The molecule has 0 spiro atoms. The number of anilines is 2. The largest absolute Gasteiger partial charge is 0.486 e. The van der Waals surface area contributed by atoms with E-state index in [1.165, 1.54) is 6.92 Å². The Morgan fingerprint density at radius 3 is 2.56 bits per heavy atom. The summed E-state index contributed by atoms with van der Waals surface area (Å²) in [4.78, 5) is 26.1. The summed E-state index contributed by atoms with van der Waals surface area (Å²) in [6, 6.07) is 13.1. The molecule has 6 nitrogen and oxygen atoms in total. The Hall–Kier alpha value is -3.02. The van der Waals surface area contributed by atoms with Crippen LogP contribution in [0.4, 0.5) is 11.4 Å². The molecule has 2 aromatic carbocycles. The molecule has 2 aromatic rings. The van der Waals surface area contributed by atoms with Crippen molar-refractivity contribution in [1.82, 2.24) is 0 Å². The minimum absolute atomic E-state index is 0.125. The lowest BCUT2D eigenvalue weighted by atomic mass is 10.1. The van der Waals surface area contributed by atoms with E-state index in [9.17, 15) is 9.59 Å². The highest BCUT2D eigenvalue weighted by molar-refractivity contribution is 5.95. The van der Waals surface area contributed by atoms with E-state index in [0.717, 1.165) is 17.7 Å². The minimum atomic E-state index is -0.131. The van der Waals surface area contributed by atoms with Crippen molar-refractivity contribution in [2.24, 2.45) is 0 Å². The maximum Gasteiger partial charge on any atom is 0.226 e. The fourth-order valence-electron chi connectivity index (χ4n) is 3.04. The van der Waals surface area contributed by atoms with Crippen LogP contribution in [0.15, 0.2) is 42.5 Å². The zero-order valence-corrected chi connectivity index (χ0v) is 15.7. The van der Waals surface area contributed by atoms with E-state index in [-0.39, 0.29) is 24.8 Å². The number of carbonyl (C=O) groups is 2. The van der Waals surface area contributed by atoms with Crippen molar-refractivity contribution >= 4 is 23.2 Å². The Morgan fingerprint density at radius 1 is 1.07 bits per heavy atom. The van der Waals surface area contributed by atoms with Gasteiger partial charge in [0, 0.05) is 37.3 Å². The number of carbonyl (C=O) groups excluding carboxylic acids is 2. The van der Waals surface area contributed by atoms with Crippen LogP contribution in [-0.4, -0.2) is 31.6 Å². The van der Waals surface area contributed by atoms with E-state index in [1.807, 2.05) is 31.2 Å². The fraction of sp³-hybridized carbons (Fsp3) is 0.333. The van der Waals surface area contributed by atoms with Crippen molar-refractivity contribution in [1.29, 1.82) is 0 Å². The summed E-state index contributed by atoms with van der Waals surface area (Å²) in [5.41, 5.74) is 2.59. The van der Waals surface area contributed by atoms with Crippen LogP contribution >= 0.6 is 0 Å². The predicted molar refractivity (Wildman–Crippen MR) is 105 cm³/mol. The molecule has 0 atom stereocenters. The average Bonchev–Trinajstić information content (AvgIpc) is 2.68. The van der Waals surface area contributed by atoms with Gasteiger partial charge in [-0.3, -0.25) is 9.59 Å². The van der Waals surface area contributed by atoms with Gasteiger partial charge in [0.05, 0.1) is 0 Å². The fourth-order valence-corrected chi connectivity index (χ4v) is 3.04. The SMILES string of the molecule is CCc1ccccc1NC(=O)CCN(C(C)=O)c1ccc2c(c1)OCCO2. The van der Waals surface area contributed by atoms with Crippen molar-refractivity contribution < 1.29 is 19.1 Å². The molecule has 1 N–H and O–H groups in total. The van der Waals surface area contributed by atoms with Crippen molar-refractivity contribution in [3.63, 3.8) is 0 Å². The number of nitrogens with zero attached hydrogens (tertiary/aromatic N) is 1. The van der Waals surface area contributed by atoms with E-state index < -0.39 is 0 Å². The van der Waals surface area contributed by atoms with Crippen molar-refractivity contribution in [2.75, 3.05) is 30.0 Å². The van der Waals surface area contributed by atoms with E-state index in [2.05, 4.69) is 5.32 Å². The molecule has 2 amide bonds. The van der Waals surface area contributed by atoms with E-state index in [0.29, 0.717) is 30.4 Å². The normalized spacial score (nSPS) is 12.4. The Kier molecular flexibility index (Phi) is 5.96. The summed E-state index contributed by atoms with van der Waals surface area (Å²) in [7, 11) is 0. The third kappa shape index (κ3) is 4.58. The molecule has 0 radical (unpaired) electrons. The summed E-state index contributed by atoms with van der Waals surface area (Å²) in [6.45, 7) is 4.82. The third-order valence-electron chi connectivity index (χ3n) is 4.45. The molecule has 0 bridgehead atoms. The highest BCUT2D eigenvalue weighted by Crippen LogP contribution is 2.34. The number of hydrogen-bond acceptors (Lipinski definition) is 4. The molecule has 142 valence electrons. The first kappa shape index (κ1) is 18.8. The van der Waals surface area contributed by atoms with Gasteiger partial charge in [-0.15, -0.1) is 0 Å². The van der Waals surface area contributed by atoms with Gasteiger partial charge in [-0.25, -0.2) is 0 Å². The van der Waals surface area contributed by atoms with Crippen LogP contribution in [-0.2, 0) is 16.0 Å². The van der Waals surface area contributed by atoms with E-state index in [1.54, 1.807) is 23.1 Å². The number of ether oxygens (including phenoxy) is 2. The Balaban J connectivity index is 1.66. The number of hydrogen-bond donors (Lipinski definition) is 1. The standard InChI is InChI=1S/C21H24N2O4/c1-3-16-6-4-5-7-18(16)22-21(25)10-11-23(15(2)24)17-8-9-19-20(14-17)27-13-12-26-19/h4-9,14H,3,10-13H2,1-2H3,(H,22,25). The molecular formula is C21H24N2O4. The van der Waals surface area contributed by atoms with E-state index in [4.69, 9.17) is 9.47 Å². The second-order valence-electron chi connectivity index (χ2n) is 6.31. The Bertz CT molecular complexity index is 835. The highest BCUT2D eigenvalue weighted by atomic mass is 16.6. The van der Waals surface area contributed by atoms with Gasteiger partial charge in [0.15, 0.2) is 11.5 Å². The smallest absolute Gasteiger partial charge is 0.226 e. The molecule has 0 saturated carbocycles. The first-order valence-electron chi connectivity index (χ1n) is 9.14. The molecule has 0 saturated heterocycles. The second-order valence-corrected chi connectivity index (χ2v) is 6.31. The lowest BCUT2D eigenvalue weighted by Gasteiger charge is -2.24. The molecule has 0 aliphatic carbocycles. The molecule has 0 aromatic heterocycles. The first-order chi connectivity index (χ1) is 13.1. The highest BCUT2D eigenvalue weighted by Gasteiger charge is 2.18. The summed E-state index contributed by atoms with van der Waals surface area (Å²) < 4.78 is 11.1. The molecule has 1 heterocycles. The van der Waals surface area contributed by atoms with Gasteiger partial charge in [-0.1, -0.05) is 25.1 Å². The lowest BCUT2D eigenvalue weighted by molar-refractivity contribution is -0.117. The van der Waals surface area contributed by atoms with Gasteiger partial charge in [0.1, 0.15) is 13.2 Å². The van der Waals surface area contributed by atoms with Crippen LogP contribution in [0.2, 0.25) is 0 Å². The summed E-state index contributed by atoms with van der Waals surface area (Å²) >= 11 is 0. The molecule has 0 unspecified atom stereocenters. The third-order valence-corrected chi connectivity index (χ3v) is 4.45. The van der Waals surface area contributed by atoms with Gasteiger partial charge < -0.3 is 19.7 Å². The number of nitrogens with one attached hydrogen (secondary N) is 1. The number of benzene rings is 2. The Labute approximate surface area is 159 Å². The molecule has 1 aliphatic rings. The summed E-state index contributed by atoms with van der Waals surface area (Å²) in [5.74, 6) is 1.03. The van der Waals surface area contributed by atoms with Gasteiger partial charge in [0.2, 0.25) is 11.8 Å². The first-order valence-corrected chi connectivity index (χ1v) is 9.14. The summed E-state index contributed by atoms with van der Waals surface area (Å²) in [6.07, 6.45) is 1.04. The average molecular weight is 368 g/mol. The van der Waals surface area contributed by atoms with Gasteiger partial charge in [0.25, 0.3) is 0 Å². The lowest BCUT2D eigenvalue weighted by Crippen LogP contribution is -2.32. The number of fused-ring (bicyclic) bond motifs is 1. The molecule has 6 heteroatoms. The van der Waals surface area contributed by atoms with Crippen molar-refractivity contribution in [3.8, 4) is 11.5 Å². The second kappa shape index (κ2) is 8.58. The van der Waals surface area contributed by atoms with Crippen molar-refractivity contribution in [3.05, 3.63) is 48.0 Å². The topological polar surface area (TPSA) is 67.9 Å². The number of rotatable bonds is 6. The van der Waals surface area contributed by atoms with Crippen LogP contribution in [0.5, 0.6) is 11.5 Å². The monoisotopic (exact) mass is 368 g/mol. The predicted octanol–water partition coefficient (Wildman–Crippen LogP) is 3.40. The molecule has 0 fully saturated rings. The number of para-hydroxylation sites is 1. The maximum atomic E-state index is 12.4. The van der Waals surface area contributed by atoms with Crippen molar-refractivity contribution in [2.45, 2.75) is 26.7 Å². The van der Waals surface area contributed by atoms with Gasteiger partial charge in [-0.05, 0) is 30.2 Å². The van der Waals surface area contributed by atoms with Crippen LogP contribution in [0.3, 0.4) is 0 Å². The number of aryl methyl sites for hydroxylation is 1. The zero-order chi connectivity index (χ0) is 19.2. The van der Waals surface area contributed by atoms with Crippen LogP contribution in [0.1, 0.15) is 25.8 Å². The van der Waals surface area contributed by atoms with E-state index >= 15 is 0 Å². The molecular weight excluding hydrogens is 344 g/mol. The van der Waals surface area contributed by atoms with Crippen LogP contribution < -0.4 is 19.7 Å². The van der Waals surface area contributed by atoms with Crippen LogP contribution in [0.25, 0.3) is 0 Å². The van der Waals surface area contributed by atoms with Gasteiger partial charge in [-0.2, -0.15) is 0 Å². The molecule has 27 heavy (non-hydrogen) atoms. The van der Waals surface area contributed by atoms with Crippen LogP contribution in [0, 0.1) is 0 Å². The maximum absolute atomic E-state index is 12.4. The summed E-state index contributed by atoms with van der Waals surface area (Å²) in [5, 5.41) is 2.94. The Morgan fingerprint density at radius 2 is 1.81 bits per heavy atom.